The highest BCUT2D eigenvalue weighted by molar-refractivity contribution is 7.99. The molecule has 104 valence electrons. The average Bonchev–Trinajstić information content (AvgIpc) is 3.04. The van der Waals surface area contributed by atoms with Gasteiger partial charge in [-0.25, -0.2) is 4.98 Å². The van der Waals surface area contributed by atoms with E-state index in [1.165, 1.54) is 11.8 Å². The Morgan fingerprint density at radius 2 is 2.11 bits per heavy atom. The highest BCUT2D eigenvalue weighted by Gasteiger charge is 2.17. The molecule has 2 heterocycles. The summed E-state index contributed by atoms with van der Waals surface area (Å²) in [7, 11) is 0. The molecule has 1 saturated heterocycles. The Morgan fingerprint density at radius 1 is 1.37 bits per heavy atom. The Bertz CT molecular complexity index is 455. The fourth-order valence-corrected chi connectivity index (χ4v) is 2.78. The van der Waals surface area contributed by atoms with Crippen LogP contribution >= 0.6 is 11.8 Å². The molecule has 0 saturated carbocycles. The van der Waals surface area contributed by atoms with E-state index in [1.807, 2.05) is 9.47 Å². The molecule has 1 aromatic heterocycles. The molecule has 6 nitrogen and oxygen atoms in total. The minimum atomic E-state index is -0.868. The van der Waals surface area contributed by atoms with Crippen LogP contribution in [-0.2, 0) is 16.1 Å². The number of aryl methyl sites for hydroxylation is 1. The molecule has 0 spiro atoms. The molecule has 1 aromatic rings. The quantitative estimate of drug-likeness (QED) is 0.790. The fraction of sp³-hybridized carbons (Fsp3) is 0.583. The second kappa shape index (κ2) is 6.60. The van der Waals surface area contributed by atoms with Crippen LogP contribution < -0.4 is 0 Å². The van der Waals surface area contributed by atoms with E-state index in [0.717, 1.165) is 25.9 Å². The predicted octanol–water partition coefficient (Wildman–Crippen LogP) is 1.07. The highest BCUT2D eigenvalue weighted by atomic mass is 32.2. The molecule has 1 aliphatic rings. The monoisotopic (exact) mass is 283 g/mol. The van der Waals surface area contributed by atoms with Gasteiger partial charge < -0.3 is 14.6 Å². The van der Waals surface area contributed by atoms with Gasteiger partial charge in [0.1, 0.15) is 0 Å². The Morgan fingerprint density at radius 3 is 2.79 bits per heavy atom. The molecule has 0 bridgehead atoms. The van der Waals surface area contributed by atoms with Crippen molar-refractivity contribution in [1.82, 2.24) is 14.5 Å². The van der Waals surface area contributed by atoms with Crippen LogP contribution in [0.15, 0.2) is 17.6 Å². The van der Waals surface area contributed by atoms with Gasteiger partial charge in [0.2, 0.25) is 5.91 Å². The van der Waals surface area contributed by atoms with Crippen LogP contribution in [0.2, 0.25) is 0 Å². The van der Waals surface area contributed by atoms with Crippen LogP contribution in [0.25, 0.3) is 0 Å². The molecule has 2 rings (SSSR count). The van der Waals surface area contributed by atoms with E-state index >= 15 is 0 Å². The summed E-state index contributed by atoms with van der Waals surface area (Å²) in [5.41, 5.74) is 0. The van der Waals surface area contributed by atoms with E-state index in [-0.39, 0.29) is 11.7 Å². The molecule has 0 aromatic carbocycles. The largest absolute Gasteiger partial charge is 0.481 e. The van der Waals surface area contributed by atoms with E-state index in [9.17, 15) is 9.59 Å². The number of aromatic nitrogens is 2. The van der Waals surface area contributed by atoms with Gasteiger partial charge in [-0.2, -0.15) is 0 Å². The van der Waals surface area contributed by atoms with Crippen LogP contribution in [-0.4, -0.2) is 50.3 Å². The fourth-order valence-electron chi connectivity index (χ4n) is 2.07. The van der Waals surface area contributed by atoms with Crippen molar-refractivity contribution in [2.75, 3.05) is 18.8 Å². The van der Waals surface area contributed by atoms with E-state index in [2.05, 4.69) is 4.98 Å². The topological polar surface area (TPSA) is 75.4 Å². The zero-order valence-corrected chi connectivity index (χ0v) is 11.4. The number of rotatable bonds is 6. The first-order valence-corrected chi connectivity index (χ1v) is 7.29. The number of hydrogen-bond donors (Lipinski definition) is 1. The number of amides is 1. The summed E-state index contributed by atoms with van der Waals surface area (Å²) < 4.78 is 1.83. The van der Waals surface area contributed by atoms with E-state index < -0.39 is 5.97 Å². The lowest BCUT2D eigenvalue weighted by molar-refractivity contribution is -0.134. The highest BCUT2D eigenvalue weighted by Crippen LogP contribution is 2.16. The zero-order valence-electron chi connectivity index (χ0n) is 10.6. The number of likely N-dealkylation sites (tertiary alicyclic amines) is 1. The van der Waals surface area contributed by atoms with Gasteiger partial charge in [0, 0.05) is 38.4 Å². The third kappa shape index (κ3) is 3.99. The first-order chi connectivity index (χ1) is 9.16. The van der Waals surface area contributed by atoms with Gasteiger partial charge in [0.05, 0.1) is 5.75 Å². The van der Waals surface area contributed by atoms with Gasteiger partial charge >= 0.3 is 5.97 Å². The minimum Gasteiger partial charge on any atom is -0.481 e. The van der Waals surface area contributed by atoms with Crippen molar-refractivity contribution in [2.24, 2.45) is 0 Å². The van der Waals surface area contributed by atoms with Gasteiger partial charge in [0.25, 0.3) is 0 Å². The van der Waals surface area contributed by atoms with Gasteiger partial charge in [-0.1, -0.05) is 11.8 Å². The second-order valence-corrected chi connectivity index (χ2v) is 5.37. The van der Waals surface area contributed by atoms with Gasteiger partial charge in [-0.05, 0) is 12.8 Å². The van der Waals surface area contributed by atoms with Crippen molar-refractivity contribution in [3.05, 3.63) is 12.4 Å². The van der Waals surface area contributed by atoms with Crippen LogP contribution in [0, 0.1) is 0 Å². The lowest BCUT2D eigenvalue weighted by atomic mass is 10.3. The van der Waals surface area contributed by atoms with Crippen molar-refractivity contribution in [3.8, 4) is 0 Å². The second-order valence-electron chi connectivity index (χ2n) is 4.42. The number of carbonyl (C=O) groups is 2. The van der Waals surface area contributed by atoms with E-state index in [4.69, 9.17) is 5.11 Å². The summed E-state index contributed by atoms with van der Waals surface area (Å²) in [6.07, 6.45) is 6.04. The third-order valence-electron chi connectivity index (χ3n) is 3.03. The molecule has 1 N–H and O–H groups in total. The van der Waals surface area contributed by atoms with E-state index in [1.54, 1.807) is 12.4 Å². The SMILES string of the molecule is O=C(O)CSc1nccn1CCC(=O)N1CCCC1. The third-order valence-corrected chi connectivity index (χ3v) is 4.02. The number of thioether (sulfide) groups is 1. The Kier molecular flexibility index (Phi) is 4.84. The molecule has 7 heteroatoms. The molecule has 1 fully saturated rings. The molecule has 0 atom stereocenters. The zero-order chi connectivity index (χ0) is 13.7. The lowest BCUT2D eigenvalue weighted by Crippen LogP contribution is -2.28. The Balaban J connectivity index is 1.83. The predicted molar refractivity (Wildman–Crippen MR) is 71.0 cm³/mol. The van der Waals surface area contributed by atoms with Gasteiger partial charge in [0.15, 0.2) is 5.16 Å². The molecule has 0 aliphatic carbocycles. The molecular weight excluding hydrogens is 266 g/mol. The smallest absolute Gasteiger partial charge is 0.313 e. The Hall–Kier alpha value is -1.50. The number of nitrogens with zero attached hydrogens (tertiary/aromatic N) is 3. The maximum Gasteiger partial charge on any atom is 0.313 e. The number of carboxylic acid groups (broad SMARTS) is 1. The molecule has 1 aliphatic heterocycles. The number of hydrogen-bond acceptors (Lipinski definition) is 4. The Labute approximate surface area is 115 Å². The number of carbonyl (C=O) groups excluding carboxylic acids is 1. The molecule has 0 unspecified atom stereocenters. The lowest BCUT2D eigenvalue weighted by Gasteiger charge is -2.15. The average molecular weight is 283 g/mol. The summed E-state index contributed by atoms with van der Waals surface area (Å²) in [6.45, 7) is 2.28. The van der Waals surface area contributed by atoms with Gasteiger partial charge in [-0.15, -0.1) is 0 Å². The van der Waals surface area contributed by atoms with Crippen LogP contribution in [0.1, 0.15) is 19.3 Å². The summed E-state index contributed by atoms with van der Waals surface area (Å²) in [4.78, 5) is 28.4. The minimum absolute atomic E-state index is 0.0168. The molecule has 1 amide bonds. The molecular formula is C12H17N3O3S. The molecule has 19 heavy (non-hydrogen) atoms. The first-order valence-electron chi connectivity index (χ1n) is 6.30. The van der Waals surface area contributed by atoms with Crippen molar-refractivity contribution in [3.63, 3.8) is 0 Å². The van der Waals surface area contributed by atoms with Crippen LogP contribution in [0.5, 0.6) is 0 Å². The van der Waals surface area contributed by atoms with Crippen LogP contribution in [0.3, 0.4) is 0 Å². The summed E-state index contributed by atoms with van der Waals surface area (Å²) in [5.74, 6) is -0.718. The van der Waals surface area contributed by atoms with Crippen molar-refractivity contribution >= 4 is 23.6 Å². The number of aliphatic carboxylic acids is 1. The first kappa shape index (κ1) is 13.9. The number of imidazole rings is 1. The maximum absolute atomic E-state index is 11.9. The number of carboxylic acids is 1. The molecule has 0 radical (unpaired) electrons. The standard InChI is InChI=1S/C12H17N3O3S/c16-10(14-5-1-2-6-14)3-7-15-8-4-13-12(15)19-9-11(17)18/h4,8H,1-3,5-7,9H2,(H,17,18). The van der Waals surface area contributed by atoms with Crippen molar-refractivity contribution in [2.45, 2.75) is 31.0 Å². The maximum atomic E-state index is 11.9. The summed E-state index contributed by atoms with van der Waals surface area (Å²) in [6, 6.07) is 0. The van der Waals surface area contributed by atoms with Crippen molar-refractivity contribution in [1.29, 1.82) is 0 Å². The van der Waals surface area contributed by atoms with E-state index in [0.29, 0.717) is 18.1 Å². The van der Waals surface area contributed by atoms with Crippen molar-refractivity contribution < 1.29 is 14.7 Å². The van der Waals surface area contributed by atoms with Gasteiger partial charge in [-0.3, -0.25) is 9.59 Å². The summed E-state index contributed by atoms with van der Waals surface area (Å²) >= 11 is 1.17. The normalized spacial score (nSPS) is 14.8. The van der Waals surface area contributed by atoms with Crippen LogP contribution in [0.4, 0.5) is 0 Å². The summed E-state index contributed by atoms with van der Waals surface area (Å²) in [5, 5.41) is 9.30.